The van der Waals surface area contributed by atoms with Gasteiger partial charge in [0.25, 0.3) is 0 Å². The molecule has 11 heteroatoms. The summed E-state index contributed by atoms with van der Waals surface area (Å²) in [4.78, 5) is 14.1. The van der Waals surface area contributed by atoms with E-state index in [1.165, 1.54) is 6.07 Å². The van der Waals surface area contributed by atoms with Crippen LogP contribution in [-0.4, -0.2) is 84.2 Å². The number of hydrogen-bond donors (Lipinski definition) is 2. The molecule has 46 heavy (non-hydrogen) atoms. The van der Waals surface area contributed by atoms with E-state index in [9.17, 15) is 9.50 Å². The van der Waals surface area contributed by atoms with Gasteiger partial charge in [-0.3, -0.25) is 4.90 Å². The molecule has 4 aliphatic rings. The van der Waals surface area contributed by atoms with Crippen LogP contribution >= 0.6 is 11.6 Å². The summed E-state index contributed by atoms with van der Waals surface area (Å²) in [6.07, 6.45) is 3.46. The number of ether oxygens (including phenoxy) is 2. The number of hydrogen-bond acceptors (Lipinski definition) is 8. The van der Waals surface area contributed by atoms with E-state index in [2.05, 4.69) is 15.1 Å². The van der Waals surface area contributed by atoms with Gasteiger partial charge in [0.2, 0.25) is 0 Å². The predicted octanol–water partition coefficient (Wildman–Crippen LogP) is 6.24. The number of aromatic nitrogens is 2. The highest BCUT2D eigenvalue weighted by atomic mass is 35.5. The lowest BCUT2D eigenvalue weighted by molar-refractivity contribution is 0.107. The first-order chi connectivity index (χ1) is 22.3. The third kappa shape index (κ3) is 5.14. The van der Waals surface area contributed by atoms with Crippen molar-refractivity contribution in [3.8, 4) is 22.9 Å². The van der Waals surface area contributed by atoms with E-state index in [-0.39, 0.29) is 36.1 Å². The highest BCUT2D eigenvalue weighted by Gasteiger charge is 2.49. The first kappa shape index (κ1) is 30.1. The lowest BCUT2D eigenvalue weighted by Gasteiger charge is -2.31. The monoisotopic (exact) mass is 649 g/mol. The van der Waals surface area contributed by atoms with Gasteiger partial charge in [-0.05, 0) is 85.5 Å². The molecule has 2 N–H and O–H groups in total. The second-order valence-corrected chi connectivity index (χ2v) is 13.9. The predicted molar refractivity (Wildman–Crippen MR) is 175 cm³/mol. The molecule has 0 amide bonds. The highest BCUT2D eigenvalue weighted by molar-refractivity contribution is 6.36. The molecule has 0 radical (unpaired) electrons. The summed E-state index contributed by atoms with van der Waals surface area (Å²) in [7, 11) is 1.57. The normalized spacial score (nSPS) is 26.3. The molecule has 0 aliphatic carbocycles. The Labute approximate surface area is 271 Å². The molecule has 4 atom stereocenters. The van der Waals surface area contributed by atoms with E-state index in [0.717, 1.165) is 51.9 Å². The Balaban J connectivity index is 1.31. The number of aromatic hydroxyl groups is 1. The van der Waals surface area contributed by atoms with Crippen molar-refractivity contribution >= 4 is 39.1 Å². The van der Waals surface area contributed by atoms with Gasteiger partial charge in [-0.15, -0.1) is 0 Å². The zero-order valence-corrected chi connectivity index (χ0v) is 26.6. The van der Waals surface area contributed by atoms with Crippen LogP contribution in [-0.2, 0) is 11.3 Å². The number of nitrogens with one attached hydrogen (secondary N) is 1. The molecule has 4 aliphatic heterocycles. The van der Waals surface area contributed by atoms with Crippen LogP contribution in [0.1, 0.15) is 37.7 Å². The summed E-state index contributed by atoms with van der Waals surface area (Å²) >= 11 is 6.70. The standard InChI is InChI=1S/C35H38ClF2N5O3/c1-45-18-22-12-27-32(31(38)30(22)26-13-25(44)11-21-4-2-5-28(36)29(21)26)40-34(46-19-35-7-3-8-43(35)16-23(37)14-35)41-33(27)42-9-6-20-10-24(17-42)39-15-20/h2,4-5,11-13,20,23-24,39,44H,3,6-10,14-19H2,1H3/t20?,23-,24?,35+/m1/s1. The molecule has 4 fully saturated rings. The number of phenolic OH excluding ortho intramolecular Hbond substituents is 1. The molecule has 5 heterocycles. The van der Waals surface area contributed by atoms with E-state index in [1.807, 2.05) is 12.1 Å². The Morgan fingerprint density at radius 3 is 2.93 bits per heavy atom. The SMILES string of the molecule is COCc1cc2c(N3CCC4CNC(C4)C3)nc(OC[C@@]34CCCN3C[C@H](F)C4)nc2c(F)c1-c1cc(O)cc2cccc(Cl)c12. The minimum atomic E-state index is -0.889. The minimum absolute atomic E-state index is 0.00439. The first-order valence-corrected chi connectivity index (χ1v) is 16.6. The summed E-state index contributed by atoms with van der Waals surface area (Å²) < 4.78 is 43.8. The molecule has 1 aromatic heterocycles. The van der Waals surface area contributed by atoms with Crippen molar-refractivity contribution in [3.05, 3.63) is 52.8 Å². The van der Waals surface area contributed by atoms with Crippen molar-refractivity contribution in [2.45, 2.75) is 56.5 Å². The van der Waals surface area contributed by atoms with Gasteiger partial charge in [0.1, 0.15) is 29.9 Å². The Kier molecular flexibility index (Phi) is 7.67. The maximum absolute atomic E-state index is 17.3. The van der Waals surface area contributed by atoms with Crippen LogP contribution in [0, 0.1) is 11.7 Å². The second-order valence-electron chi connectivity index (χ2n) is 13.5. The van der Waals surface area contributed by atoms with E-state index in [4.69, 9.17) is 31.0 Å². The van der Waals surface area contributed by atoms with Crippen LogP contribution in [0.25, 0.3) is 32.8 Å². The molecular weight excluding hydrogens is 612 g/mol. The zero-order chi connectivity index (χ0) is 31.6. The zero-order valence-electron chi connectivity index (χ0n) is 25.9. The van der Waals surface area contributed by atoms with Gasteiger partial charge in [-0.2, -0.15) is 9.97 Å². The Morgan fingerprint density at radius 1 is 1.17 bits per heavy atom. The molecule has 2 unspecified atom stereocenters. The van der Waals surface area contributed by atoms with E-state index in [1.54, 1.807) is 25.3 Å². The third-order valence-electron chi connectivity index (χ3n) is 10.5. The Morgan fingerprint density at radius 2 is 2.07 bits per heavy atom. The van der Waals surface area contributed by atoms with Crippen LogP contribution in [0.2, 0.25) is 5.02 Å². The summed E-state index contributed by atoms with van der Waals surface area (Å²) in [5, 5.41) is 16.7. The molecule has 2 bridgehead atoms. The number of methoxy groups -OCH3 is 1. The summed E-state index contributed by atoms with van der Waals surface area (Å²) in [6, 6.07) is 10.8. The number of nitrogens with zero attached hydrogens (tertiary/aromatic N) is 4. The van der Waals surface area contributed by atoms with Gasteiger partial charge < -0.3 is 24.8 Å². The fourth-order valence-electron chi connectivity index (χ4n) is 8.47. The molecule has 8 nitrogen and oxygen atoms in total. The van der Waals surface area contributed by atoms with Crippen molar-refractivity contribution in [2.24, 2.45) is 5.92 Å². The average molecular weight is 650 g/mol. The maximum atomic E-state index is 17.3. The fraction of sp³-hybridized carbons (Fsp3) is 0.486. The number of anilines is 1. The molecular formula is C35H38ClF2N5O3. The smallest absolute Gasteiger partial charge is 0.319 e. The topological polar surface area (TPSA) is 83.0 Å². The Bertz CT molecular complexity index is 1830. The largest absolute Gasteiger partial charge is 0.508 e. The van der Waals surface area contributed by atoms with Crippen molar-refractivity contribution in [2.75, 3.05) is 51.3 Å². The highest BCUT2D eigenvalue weighted by Crippen LogP contribution is 2.44. The molecule has 8 rings (SSSR count). The molecule has 4 aromatic rings. The molecule has 0 saturated carbocycles. The van der Waals surface area contributed by atoms with E-state index >= 15 is 4.39 Å². The number of fused-ring (bicyclic) bond motifs is 5. The van der Waals surface area contributed by atoms with Crippen molar-refractivity contribution in [1.82, 2.24) is 20.2 Å². The van der Waals surface area contributed by atoms with E-state index in [0.29, 0.717) is 63.1 Å². The van der Waals surface area contributed by atoms with Gasteiger partial charge in [0.15, 0.2) is 5.82 Å². The maximum Gasteiger partial charge on any atom is 0.319 e. The van der Waals surface area contributed by atoms with Crippen LogP contribution in [0.5, 0.6) is 11.8 Å². The molecule has 242 valence electrons. The van der Waals surface area contributed by atoms with Crippen LogP contribution in [0.4, 0.5) is 14.6 Å². The molecule has 4 saturated heterocycles. The lowest BCUT2D eigenvalue weighted by atomic mass is 9.92. The number of alkyl halides is 1. The van der Waals surface area contributed by atoms with Gasteiger partial charge in [0, 0.05) is 60.6 Å². The van der Waals surface area contributed by atoms with Gasteiger partial charge >= 0.3 is 6.01 Å². The van der Waals surface area contributed by atoms with Crippen LogP contribution in [0.15, 0.2) is 36.4 Å². The van der Waals surface area contributed by atoms with Crippen molar-refractivity contribution in [3.63, 3.8) is 0 Å². The second kappa shape index (κ2) is 11.7. The molecule has 3 aromatic carbocycles. The van der Waals surface area contributed by atoms with Gasteiger partial charge in [0.05, 0.1) is 12.1 Å². The van der Waals surface area contributed by atoms with Crippen molar-refractivity contribution in [1.29, 1.82) is 0 Å². The summed E-state index contributed by atoms with van der Waals surface area (Å²) in [5.74, 6) is 0.643. The number of rotatable bonds is 7. The molecule has 0 spiro atoms. The Hall–Kier alpha value is -3.31. The quantitative estimate of drug-likeness (QED) is 0.244. The summed E-state index contributed by atoms with van der Waals surface area (Å²) in [6.45, 7) is 4.16. The number of halogens is 3. The number of benzene rings is 3. The van der Waals surface area contributed by atoms with Crippen LogP contribution < -0.4 is 15.0 Å². The third-order valence-corrected chi connectivity index (χ3v) is 10.9. The fourth-order valence-corrected chi connectivity index (χ4v) is 8.75. The van der Waals surface area contributed by atoms with Gasteiger partial charge in [-0.1, -0.05) is 23.7 Å². The van der Waals surface area contributed by atoms with Gasteiger partial charge in [-0.25, -0.2) is 8.78 Å². The van der Waals surface area contributed by atoms with Crippen LogP contribution in [0.3, 0.4) is 0 Å². The lowest BCUT2D eigenvalue weighted by Crippen LogP contribution is -2.43. The van der Waals surface area contributed by atoms with E-state index < -0.39 is 17.5 Å². The average Bonchev–Trinajstić information content (AvgIpc) is 3.66. The first-order valence-electron chi connectivity index (χ1n) is 16.3. The minimum Gasteiger partial charge on any atom is -0.508 e. The van der Waals surface area contributed by atoms with Crippen molar-refractivity contribution < 1.29 is 23.4 Å². The number of phenols is 1. The summed E-state index contributed by atoms with van der Waals surface area (Å²) in [5.41, 5.74) is 1.02.